The van der Waals surface area contributed by atoms with Gasteiger partial charge < -0.3 is 0 Å². The summed E-state index contributed by atoms with van der Waals surface area (Å²) in [7, 11) is -0.907. The van der Waals surface area contributed by atoms with Gasteiger partial charge >= 0.3 is 0 Å². The number of hydrogen-bond acceptors (Lipinski definition) is 2. The first-order valence-electron chi connectivity index (χ1n) is 6.07. The smallest absolute Gasteiger partial charge is 0.145 e. The number of carbonyl (C=O) groups is 1. The van der Waals surface area contributed by atoms with E-state index in [4.69, 9.17) is 0 Å². The van der Waals surface area contributed by atoms with E-state index >= 15 is 0 Å². The predicted molar refractivity (Wildman–Crippen MR) is 66.6 cm³/mol. The molecule has 0 radical (unpaired) electrons. The van der Waals surface area contributed by atoms with Crippen LogP contribution in [0.3, 0.4) is 0 Å². The SMILES string of the molecule is CCCCCC(=O)CS(=O)CCCCC. The lowest BCUT2D eigenvalue weighted by Gasteiger charge is -2.01. The first-order valence-corrected chi connectivity index (χ1v) is 7.56. The second-order valence-electron chi connectivity index (χ2n) is 3.99. The molecule has 0 aromatic rings. The highest BCUT2D eigenvalue weighted by Gasteiger charge is 2.07. The fourth-order valence-electron chi connectivity index (χ4n) is 1.41. The lowest BCUT2D eigenvalue weighted by Crippen LogP contribution is -2.12. The molecule has 0 heterocycles. The molecule has 0 aliphatic rings. The van der Waals surface area contributed by atoms with Gasteiger partial charge in [0.2, 0.25) is 0 Å². The number of hydrogen-bond donors (Lipinski definition) is 0. The molecule has 0 aliphatic heterocycles. The van der Waals surface area contributed by atoms with Gasteiger partial charge in [0, 0.05) is 23.0 Å². The molecule has 2 nitrogen and oxygen atoms in total. The standard InChI is InChI=1S/C12H24O2S/c1-3-5-7-9-12(13)11-15(14)10-8-6-4-2/h3-11H2,1-2H3. The quantitative estimate of drug-likeness (QED) is 0.542. The van der Waals surface area contributed by atoms with Gasteiger partial charge in [-0.25, -0.2) is 0 Å². The Balaban J connectivity index is 3.45. The normalized spacial score (nSPS) is 12.7. The van der Waals surface area contributed by atoms with Gasteiger partial charge in [-0.3, -0.25) is 9.00 Å². The lowest BCUT2D eigenvalue weighted by atomic mass is 10.2. The molecule has 0 N–H and O–H groups in total. The zero-order valence-corrected chi connectivity index (χ0v) is 10.9. The number of ketones is 1. The number of Topliss-reactive ketones (excluding diaryl/α,β-unsaturated/α-hetero) is 1. The van der Waals surface area contributed by atoms with E-state index in [0.717, 1.165) is 38.5 Å². The van der Waals surface area contributed by atoms with E-state index in [9.17, 15) is 9.00 Å². The Labute approximate surface area is 96.3 Å². The van der Waals surface area contributed by atoms with Crippen molar-refractivity contribution in [2.45, 2.75) is 58.8 Å². The maximum absolute atomic E-state index is 11.5. The van der Waals surface area contributed by atoms with Gasteiger partial charge in [-0.15, -0.1) is 0 Å². The van der Waals surface area contributed by atoms with Crippen molar-refractivity contribution in [3.63, 3.8) is 0 Å². The van der Waals surface area contributed by atoms with Crippen LogP contribution in [0.4, 0.5) is 0 Å². The average molecular weight is 232 g/mol. The maximum atomic E-state index is 11.5. The van der Waals surface area contributed by atoms with Gasteiger partial charge in [0.05, 0.1) is 5.75 Å². The van der Waals surface area contributed by atoms with Crippen molar-refractivity contribution >= 4 is 16.6 Å². The highest BCUT2D eigenvalue weighted by molar-refractivity contribution is 7.85. The number of rotatable bonds is 10. The topological polar surface area (TPSA) is 34.1 Å². The van der Waals surface area contributed by atoms with Crippen LogP contribution in [-0.4, -0.2) is 21.5 Å². The molecule has 0 aromatic carbocycles. The highest BCUT2D eigenvalue weighted by Crippen LogP contribution is 2.02. The van der Waals surface area contributed by atoms with Crippen LogP contribution >= 0.6 is 0 Å². The van der Waals surface area contributed by atoms with Gasteiger partial charge in [0.1, 0.15) is 5.78 Å². The monoisotopic (exact) mass is 232 g/mol. The Morgan fingerprint density at radius 2 is 1.60 bits per heavy atom. The molecule has 0 fully saturated rings. The van der Waals surface area contributed by atoms with Crippen LogP contribution in [0.15, 0.2) is 0 Å². The Bertz CT molecular complexity index is 170. The molecule has 15 heavy (non-hydrogen) atoms. The number of unbranched alkanes of at least 4 members (excludes halogenated alkanes) is 4. The third kappa shape index (κ3) is 10.1. The third-order valence-electron chi connectivity index (χ3n) is 2.36. The Hall–Kier alpha value is -0.180. The molecule has 90 valence electrons. The highest BCUT2D eigenvalue weighted by atomic mass is 32.2. The minimum Gasteiger partial charge on any atom is -0.299 e. The summed E-state index contributed by atoms with van der Waals surface area (Å²) in [4.78, 5) is 11.4. The predicted octanol–water partition coefficient (Wildman–Crippen LogP) is 3.07. The molecule has 0 aromatic heterocycles. The molecular weight excluding hydrogens is 208 g/mol. The van der Waals surface area contributed by atoms with Crippen molar-refractivity contribution in [3.05, 3.63) is 0 Å². The van der Waals surface area contributed by atoms with Crippen LogP contribution in [-0.2, 0) is 15.6 Å². The molecule has 0 bridgehead atoms. The average Bonchev–Trinajstić information content (AvgIpc) is 2.18. The minimum atomic E-state index is -0.907. The van der Waals surface area contributed by atoms with Crippen molar-refractivity contribution in [3.8, 4) is 0 Å². The molecule has 1 atom stereocenters. The van der Waals surface area contributed by atoms with Gasteiger partial charge in [-0.2, -0.15) is 0 Å². The molecule has 0 amide bonds. The summed E-state index contributed by atoms with van der Waals surface area (Å²) < 4.78 is 11.5. The van der Waals surface area contributed by atoms with E-state index in [0.29, 0.717) is 12.2 Å². The van der Waals surface area contributed by atoms with E-state index < -0.39 is 10.8 Å². The Morgan fingerprint density at radius 1 is 1.00 bits per heavy atom. The molecular formula is C12H24O2S. The summed E-state index contributed by atoms with van der Waals surface area (Å²) in [6.45, 7) is 4.24. The molecule has 1 unspecified atom stereocenters. The molecule has 3 heteroatoms. The van der Waals surface area contributed by atoms with Gasteiger partial charge in [0.25, 0.3) is 0 Å². The van der Waals surface area contributed by atoms with Crippen LogP contribution in [0.2, 0.25) is 0 Å². The van der Waals surface area contributed by atoms with E-state index in [-0.39, 0.29) is 11.5 Å². The largest absolute Gasteiger partial charge is 0.299 e. The Morgan fingerprint density at radius 3 is 2.20 bits per heavy atom. The second-order valence-corrected chi connectivity index (χ2v) is 5.57. The van der Waals surface area contributed by atoms with Crippen LogP contribution in [0, 0.1) is 0 Å². The van der Waals surface area contributed by atoms with E-state index in [2.05, 4.69) is 13.8 Å². The first kappa shape index (κ1) is 14.8. The third-order valence-corrected chi connectivity index (χ3v) is 3.74. The number of carbonyl (C=O) groups excluding carboxylic acids is 1. The van der Waals surface area contributed by atoms with Gasteiger partial charge in [-0.1, -0.05) is 39.5 Å². The van der Waals surface area contributed by atoms with E-state index in [1.54, 1.807) is 0 Å². The molecule has 0 spiro atoms. The van der Waals surface area contributed by atoms with E-state index in [1.165, 1.54) is 0 Å². The summed E-state index contributed by atoms with van der Waals surface area (Å²) in [6, 6.07) is 0. The van der Waals surface area contributed by atoms with Crippen molar-refractivity contribution in [1.29, 1.82) is 0 Å². The summed E-state index contributed by atoms with van der Waals surface area (Å²) in [5.41, 5.74) is 0. The lowest BCUT2D eigenvalue weighted by molar-refractivity contribution is -0.116. The molecule has 0 saturated heterocycles. The molecule has 0 saturated carbocycles. The maximum Gasteiger partial charge on any atom is 0.145 e. The fraction of sp³-hybridized carbons (Fsp3) is 0.917. The first-order chi connectivity index (χ1) is 7.20. The second kappa shape index (κ2) is 10.3. The summed E-state index contributed by atoms with van der Waals surface area (Å²) in [5.74, 6) is 1.17. The summed E-state index contributed by atoms with van der Waals surface area (Å²) in [5, 5.41) is 0. The summed E-state index contributed by atoms with van der Waals surface area (Å²) >= 11 is 0. The Kier molecular flexibility index (Phi) is 10.2. The van der Waals surface area contributed by atoms with Crippen LogP contribution in [0.5, 0.6) is 0 Å². The van der Waals surface area contributed by atoms with Gasteiger partial charge in [-0.05, 0) is 12.8 Å². The van der Waals surface area contributed by atoms with Crippen molar-refractivity contribution in [1.82, 2.24) is 0 Å². The molecule has 0 aliphatic carbocycles. The van der Waals surface area contributed by atoms with Gasteiger partial charge in [0.15, 0.2) is 0 Å². The minimum absolute atomic E-state index is 0.179. The summed E-state index contributed by atoms with van der Waals surface area (Å²) in [6.07, 6.45) is 7.07. The van der Waals surface area contributed by atoms with E-state index in [1.807, 2.05) is 0 Å². The van der Waals surface area contributed by atoms with Crippen LogP contribution < -0.4 is 0 Å². The molecule has 0 rings (SSSR count). The van der Waals surface area contributed by atoms with Crippen molar-refractivity contribution < 1.29 is 9.00 Å². The zero-order valence-electron chi connectivity index (χ0n) is 10.1. The fourth-order valence-corrected chi connectivity index (χ4v) is 2.58. The van der Waals surface area contributed by atoms with Crippen LogP contribution in [0.25, 0.3) is 0 Å². The van der Waals surface area contributed by atoms with Crippen molar-refractivity contribution in [2.75, 3.05) is 11.5 Å². The van der Waals surface area contributed by atoms with Crippen molar-refractivity contribution in [2.24, 2.45) is 0 Å². The zero-order chi connectivity index (χ0) is 11.5. The van der Waals surface area contributed by atoms with Crippen LogP contribution in [0.1, 0.15) is 58.8 Å².